The molecule has 1 aliphatic heterocycles. The van der Waals surface area contributed by atoms with Crippen LogP contribution in [0.5, 0.6) is 0 Å². The van der Waals surface area contributed by atoms with Crippen LogP contribution in [0.1, 0.15) is 10.4 Å². The maximum Gasteiger partial charge on any atom is 0.254 e. The van der Waals surface area contributed by atoms with Crippen molar-refractivity contribution in [1.29, 1.82) is 0 Å². The minimum absolute atomic E-state index is 0.0140. The third-order valence-corrected chi connectivity index (χ3v) is 3.38. The number of ether oxygens (including phenoxy) is 1. The molecule has 1 fully saturated rings. The zero-order valence-corrected chi connectivity index (χ0v) is 11.0. The second-order valence-electron chi connectivity index (χ2n) is 3.97. The topological polar surface area (TPSA) is 55.6 Å². The first-order valence-electron chi connectivity index (χ1n) is 5.56. The summed E-state index contributed by atoms with van der Waals surface area (Å²) in [4.78, 5) is 14.1. The lowest BCUT2D eigenvalue weighted by molar-refractivity contribution is 0.000839. The lowest BCUT2D eigenvalue weighted by Gasteiger charge is -2.34. The number of amides is 1. The average molecular weight is 299 g/mol. The van der Waals surface area contributed by atoms with Crippen molar-refractivity contribution in [3.05, 3.63) is 34.3 Å². The van der Waals surface area contributed by atoms with E-state index in [9.17, 15) is 4.79 Å². The van der Waals surface area contributed by atoms with E-state index in [2.05, 4.69) is 15.9 Å². The molecule has 1 amide bonds. The van der Waals surface area contributed by atoms with E-state index >= 15 is 0 Å². The zero-order chi connectivity index (χ0) is 12.3. The fourth-order valence-corrected chi connectivity index (χ4v) is 2.14. The van der Waals surface area contributed by atoms with E-state index in [4.69, 9.17) is 10.5 Å². The van der Waals surface area contributed by atoms with E-state index < -0.39 is 0 Å². The summed E-state index contributed by atoms with van der Waals surface area (Å²) in [6.07, 6.45) is 0. The molecule has 0 saturated carbocycles. The standard InChI is InChI=1S/C12H15BrN2O2/c13-10-3-1-9(2-4-10)12(16)15-5-6-17-8-11(15)7-14/h1-4,11H,5-8,14H2. The maximum atomic E-state index is 12.3. The number of nitrogens with zero attached hydrogens (tertiary/aromatic N) is 1. The maximum absolute atomic E-state index is 12.3. The van der Waals surface area contributed by atoms with E-state index in [1.807, 2.05) is 24.3 Å². The fourth-order valence-electron chi connectivity index (χ4n) is 1.88. The van der Waals surface area contributed by atoms with Crippen LogP contribution in [0.3, 0.4) is 0 Å². The summed E-state index contributed by atoms with van der Waals surface area (Å²) >= 11 is 3.35. The highest BCUT2D eigenvalue weighted by atomic mass is 79.9. The average Bonchev–Trinajstić information content (AvgIpc) is 2.39. The van der Waals surface area contributed by atoms with Gasteiger partial charge in [-0.15, -0.1) is 0 Å². The van der Waals surface area contributed by atoms with Crippen LogP contribution >= 0.6 is 15.9 Å². The quantitative estimate of drug-likeness (QED) is 0.894. The number of carbonyl (C=O) groups excluding carboxylic acids is 1. The van der Waals surface area contributed by atoms with Gasteiger partial charge in [0.2, 0.25) is 0 Å². The summed E-state index contributed by atoms with van der Waals surface area (Å²) in [6, 6.07) is 7.35. The van der Waals surface area contributed by atoms with Gasteiger partial charge in [-0.1, -0.05) is 15.9 Å². The van der Waals surface area contributed by atoms with Gasteiger partial charge in [-0.25, -0.2) is 0 Å². The minimum Gasteiger partial charge on any atom is -0.377 e. The van der Waals surface area contributed by atoms with Crippen molar-refractivity contribution in [2.45, 2.75) is 6.04 Å². The van der Waals surface area contributed by atoms with E-state index in [0.717, 1.165) is 4.47 Å². The number of hydrogen-bond acceptors (Lipinski definition) is 3. The van der Waals surface area contributed by atoms with Crippen molar-refractivity contribution in [2.75, 3.05) is 26.3 Å². The molecule has 0 aromatic heterocycles. The van der Waals surface area contributed by atoms with Crippen LogP contribution < -0.4 is 5.73 Å². The number of nitrogens with two attached hydrogens (primary N) is 1. The lowest BCUT2D eigenvalue weighted by atomic mass is 10.1. The van der Waals surface area contributed by atoms with Gasteiger partial charge in [0.1, 0.15) is 0 Å². The molecule has 1 aliphatic rings. The Labute approximate surface area is 109 Å². The van der Waals surface area contributed by atoms with Gasteiger partial charge in [-0.3, -0.25) is 4.79 Å². The van der Waals surface area contributed by atoms with Crippen molar-refractivity contribution in [3.8, 4) is 0 Å². The molecule has 92 valence electrons. The van der Waals surface area contributed by atoms with Crippen LogP contribution in [-0.2, 0) is 4.74 Å². The molecule has 1 aromatic carbocycles. The van der Waals surface area contributed by atoms with Crippen LogP contribution in [0.25, 0.3) is 0 Å². The Kier molecular flexibility index (Phi) is 4.15. The zero-order valence-electron chi connectivity index (χ0n) is 9.43. The largest absolute Gasteiger partial charge is 0.377 e. The number of benzene rings is 1. The number of morpholine rings is 1. The molecule has 1 heterocycles. The number of rotatable bonds is 2. The number of halogens is 1. The van der Waals surface area contributed by atoms with Gasteiger partial charge in [0.05, 0.1) is 19.3 Å². The Morgan fingerprint density at radius 3 is 2.82 bits per heavy atom. The SMILES string of the molecule is NCC1COCCN1C(=O)c1ccc(Br)cc1. The van der Waals surface area contributed by atoms with Gasteiger partial charge in [0, 0.05) is 23.1 Å². The second kappa shape index (κ2) is 5.62. The molecule has 5 heteroatoms. The summed E-state index contributed by atoms with van der Waals surface area (Å²) in [5.41, 5.74) is 6.34. The van der Waals surface area contributed by atoms with Gasteiger partial charge in [-0.05, 0) is 24.3 Å². The third-order valence-electron chi connectivity index (χ3n) is 2.85. The molecule has 1 atom stereocenters. The monoisotopic (exact) mass is 298 g/mol. The van der Waals surface area contributed by atoms with Crippen molar-refractivity contribution in [3.63, 3.8) is 0 Å². The summed E-state index contributed by atoms with van der Waals surface area (Å²) in [5, 5.41) is 0. The predicted molar refractivity (Wildman–Crippen MR) is 68.8 cm³/mol. The van der Waals surface area contributed by atoms with E-state index in [1.54, 1.807) is 4.90 Å². The van der Waals surface area contributed by atoms with Crippen molar-refractivity contribution in [1.82, 2.24) is 4.90 Å². The highest BCUT2D eigenvalue weighted by molar-refractivity contribution is 9.10. The Bertz CT molecular complexity index is 394. The molecule has 0 aliphatic carbocycles. The van der Waals surface area contributed by atoms with Crippen LogP contribution in [0.2, 0.25) is 0 Å². The van der Waals surface area contributed by atoms with Crippen molar-refractivity contribution >= 4 is 21.8 Å². The van der Waals surface area contributed by atoms with Crippen LogP contribution in [0.4, 0.5) is 0 Å². The Hall–Kier alpha value is -0.910. The van der Waals surface area contributed by atoms with Gasteiger partial charge in [0.25, 0.3) is 5.91 Å². The van der Waals surface area contributed by atoms with E-state index in [-0.39, 0.29) is 11.9 Å². The lowest BCUT2D eigenvalue weighted by Crippen LogP contribution is -2.52. The van der Waals surface area contributed by atoms with Gasteiger partial charge in [-0.2, -0.15) is 0 Å². The van der Waals surface area contributed by atoms with Gasteiger partial charge < -0.3 is 15.4 Å². The Balaban J connectivity index is 2.15. The van der Waals surface area contributed by atoms with Gasteiger partial charge in [0.15, 0.2) is 0 Å². The smallest absolute Gasteiger partial charge is 0.254 e. The molecule has 1 unspecified atom stereocenters. The summed E-state index contributed by atoms with van der Waals surface area (Å²) in [6.45, 7) is 2.15. The highest BCUT2D eigenvalue weighted by Crippen LogP contribution is 2.15. The Morgan fingerprint density at radius 2 is 2.18 bits per heavy atom. The molecular weight excluding hydrogens is 284 g/mol. The van der Waals surface area contributed by atoms with Crippen molar-refractivity contribution < 1.29 is 9.53 Å². The molecule has 0 bridgehead atoms. The Morgan fingerprint density at radius 1 is 1.47 bits per heavy atom. The van der Waals surface area contributed by atoms with Crippen molar-refractivity contribution in [2.24, 2.45) is 5.73 Å². The van der Waals surface area contributed by atoms with Crippen LogP contribution in [0, 0.1) is 0 Å². The second-order valence-corrected chi connectivity index (χ2v) is 4.89. The molecule has 1 saturated heterocycles. The van der Waals surface area contributed by atoms with E-state index in [1.165, 1.54) is 0 Å². The normalized spacial score (nSPS) is 20.4. The molecule has 1 aromatic rings. The number of hydrogen-bond donors (Lipinski definition) is 1. The molecule has 17 heavy (non-hydrogen) atoms. The predicted octanol–water partition coefficient (Wildman–Crippen LogP) is 1.25. The number of carbonyl (C=O) groups is 1. The molecule has 0 spiro atoms. The molecule has 0 radical (unpaired) electrons. The first-order chi connectivity index (χ1) is 8.22. The highest BCUT2D eigenvalue weighted by Gasteiger charge is 2.26. The molecular formula is C12H15BrN2O2. The van der Waals surface area contributed by atoms with Crippen LogP contribution in [0.15, 0.2) is 28.7 Å². The van der Waals surface area contributed by atoms with Gasteiger partial charge >= 0.3 is 0 Å². The van der Waals surface area contributed by atoms with Crippen LogP contribution in [-0.4, -0.2) is 43.2 Å². The summed E-state index contributed by atoms with van der Waals surface area (Å²) < 4.78 is 6.29. The molecule has 4 nitrogen and oxygen atoms in total. The molecule has 2 rings (SSSR count). The third kappa shape index (κ3) is 2.86. The summed E-state index contributed by atoms with van der Waals surface area (Å²) in [7, 11) is 0. The first-order valence-corrected chi connectivity index (χ1v) is 6.36. The van der Waals surface area contributed by atoms with E-state index in [0.29, 0.717) is 31.9 Å². The minimum atomic E-state index is -0.0140. The fraction of sp³-hybridized carbons (Fsp3) is 0.417. The molecule has 2 N–H and O–H groups in total. The first kappa shape index (κ1) is 12.5. The summed E-state index contributed by atoms with van der Waals surface area (Å²) in [5.74, 6) is 0.0243.